The zero-order valence-corrected chi connectivity index (χ0v) is 12.4. The first-order chi connectivity index (χ1) is 10.8. The summed E-state index contributed by atoms with van der Waals surface area (Å²) >= 11 is 0. The predicted molar refractivity (Wildman–Crippen MR) is 91.7 cm³/mol. The molecule has 0 aliphatic heterocycles. The molecule has 0 spiro atoms. The smallest absolute Gasteiger partial charge is 0.137 e. The standard InChI is InChI=1S/C20H16N2/c1-14-6-8-16(9-7-14)20-21-13-19(22-20)18-11-10-15-4-2-3-5-17(15)12-18/h2-13H,1H3,(H,21,22). The van der Waals surface area contributed by atoms with Crippen LogP contribution in [0.2, 0.25) is 0 Å². The number of fused-ring (bicyclic) bond motifs is 1. The van der Waals surface area contributed by atoms with E-state index in [2.05, 4.69) is 83.6 Å². The number of nitrogens with zero attached hydrogens (tertiary/aromatic N) is 1. The monoisotopic (exact) mass is 284 g/mol. The van der Waals surface area contributed by atoms with E-state index in [9.17, 15) is 0 Å². The van der Waals surface area contributed by atoms with Crippen LogP contribution < -0.4 is 0 Å². The van der Waals surface area contributed by atoms with Crippen molar-refractivity contribution in [2.24, 2.45) is 0 Å². The van der Waals surface area contributed by atoms with Crippen LogP contribution in [0, 0.1) is 6.92 Å². The van der Waals surface area contributed by atoms with Crippen molar-refractivity contribution >= 4 is 10.8 Å². The molecule has 0 aliphatic rings. The molecule has 2 nitrogen and oxygen atoms in total. The summed E-state index contributed by atoms with van der Waals surface area (Å²) < 4.78 is 0. The fourth-order valence-electron chi connectivity index (χ4n) is 2.68. The van der Waals surface area contributed by atoms with E-state index in [1.54, 1.807) is 0 Å². The maximum Gasteiger partial charge on any atom is 0.137 e. The Labute approximate surface area is 129 Å². The Bertz CT molecular complexity index is 933. The summed E-state index contributed by atoms with van der Waals surface area (Å²) in [6.07, 6.45) is 1.90. The van der Waals surface area contributed by atoms with Gasteiger partial charge in [0.15, 0.2) is 0 Å². The van der Waals surface area contributed by atoms with Gasteiger partial charge in [0, 0.05) is 11.1 Å². The van der Waals surface area contributed by atoms with Crippen LogP contribution >= 0.6 is 0 Å². The van der Waals surface area contributed by atoms with Crippen molar-refractivity contribution in [2.45, 2.75) is 6.92 Å². The van der Waals surface area contributed by atoms with Gasteiger partial charge in [-0.2, -0.15) is 0 Å². The SMILES string of the molecule is Cc1ccc(-c2ncc(-c3ccc4ccccc4c3)[nH]2)cc1. The molecule has 1 aromatic heterocycles. The van der Waals surface area contributed by atoms with Gasteiger partial charge in [-0.05, 0) is 23.8 Å². The van der Waals surface area contributed by atoms with Gasteiger partial charge in [-0.1, -0.05) is 66.2 Å². The van der Waals surface area contributed by atoms with Gasteiger partial charge in [-0.3, -0.25) is 0 Å². The van der Waals surface area contributed by atoms with Gasteiger partial charge in [-0.25, -0.2) is 4.98 Å². The second-order valence-electron chi connectivity index (χ2n) is 5.57. The zero-order chi connectivity index (χ0) is 14.9. The second-order valence-corrected chi connectivity index (χ2v) is 5.57. The van der Waals surface area contributed by atoms with Crippen LogP contribution in [0.1, 0.15) is 5.56 Å². The van der Waals surface area contributed by atoms with E-state index in [0.29, 0.717) is 0 Å². The third kappa shape index (κ3) is 2.29. The fraction of sp³-hybridized carbons (Fsp3) is 0.0500. The first kappa shape index (κ1) is 12.8. The van der Waals surface area contributed by atoms with E-state index in [1.807, 2.05) is 6.20 Å². The number of aryl methyl sites for hydroxylation is 1. The normalized spacial score (nSPS) is 11.0. The Morgan fingerprint density at radius 1 is 0.773 bits per heavy atom. The number of imidazole rings is 1. The van der Waals surface area contributed by atoms with Crippen molar-refractivity contribution in [2.75, 3.05) is 0 Å². The van der Waals surface area contributed by atoms with Crippen LogP contribution in [0.4, 0.5) is 0 Å². The molecule has 2 heteroatoms. The highest BCUT2D eigenvalue weighted by Gasteiger charge is 2.06. The van der Waals surface area contributed by atoms with E-state index < -0.39 is 0 Å². The quantitative estimate of drug-likeness (QED) is 0.538. The highest BCUT2D eigenvalue weighted by atomic mass is 14.9. The third-order valence-electron chi connectivity index (χ3n) is 3.96. The van der Waals surface area contributed by atoms with Crippen LogP contribution in [0.5, 0.6) is 0 Å². The molecule has 0 radical (unpaired) electrons. The van der Waals surface area contributed by atoms with E-state index in [0.717, 1.165) is 22.6 Å². The van der Waals surface area contributed by atoms with Crippen molar-refractivity contribution in [3.8, 4) is 22.6 Å². The number of hydrogen-bond acceptors (Lipinski definition) is 1. The summed E-state index contributed by atoms with van der Waals surface area (Å²) in [5.41, 5.74) is 4.56. The molecule has 0 amide bonds. The zero-order valence-electron chi connectivity index (χ0n) is 12.4. The summed E-state index contributed by atoms with van der Waals surface area (Å²) in [5.74, 6) is 0.906. The summed E-state index contributed by atoms with van der Waals surface area (Å²) in [6, 6.07) is 23.3. The van der Waals surface area contributed by atoms with Gasteiger partial charge in [0.2, 0.25) is 0 Å². The first-order valence-corrected chi connectivity index (χ1v) is 7.41. The number of aromatic nitrogens is 2. The van der Waals surface area contributed by atoms with Crippen molar-refractivity contribution in [3.05, 3.63) is 78.5 Å². The Hall–Kier alpha value is -2.87. The number of benzene rings is 3. The van der Waals surface area contributed by atoms with E-state index in [-0.39, 0.29) is 0 Å². The van der Waals surface area contributed by atoms with Crippen molar-refractivity contribution in [3.63, 3.8) is 0 Å². The minimum Gasteiger partial charge on any atom is -0.338 e. The van der Waals surface area contributed by atoms with Crippen LogP contribution in [-0.2, 0) is 0 Å². The van der Waals surface area contributed by atoms with Crippen molar-refractivity contribution in [1.82, 2.24) is 9.97 Å². The molecular weight excluding hydrogens is 268 g/mol. The molecule has 0 atom stereocenters. The van der Waals surface area contributed by atoms with Gasteiger partial charge < -0.3 is 4.98 Å². The van der Waals surface area contributed by atoms with Crippen molar-refractivity contribution < 1.29 is 0 Å². The molecule has 0 saturated carbocycles. The fourth-order valence-corrected chi connectivity index (χ4v) is 2.68. The van der Waals surface area contributed by atoms with Gasteiger partial charge >= 0.3 is 0 Å². The topological polar surface area (TPSA) is 28.7 Å². The molecule has 4 rings (SSSR count). The third-order valence-corrected chi connectivity index (χ3v) is 3.96. The molecule has 3 aromatic carbocycles. The largest absolute Gasteiger partial charge is 0.338 e. The lowest BCUT2D eigenvalue weighted by atomic mass is 10.1. The summed E-state index contributed by atoms with van der Waals surface area (Å²) in [4.78, 5) is 7.94. The summed E-state index contributed by atoms with van der Waals surface area (Å²) in [7, 11) is 0. The highest BCUT2D eigenvalue weighted by molar-refractivity contribution is 5.86. The second kappa shape index (κ2) is 5.15. The summed E-state index contributed by atoms with van der Waals surface area (Å²) in [5, 5.41) is 2.50. The van der Waals surface area contributed by atoms with Crippen LogP contribution in [0.25, 0.3) is 33.4 Å². The Morgan fingerprint density at radius 2 is 1.50 bits per heavy atom. The molecule has 0 aliphatic carbocycles. The lowest BCUT2D eigenvalue weighted by Crippen LogP contribution is -1.82. The Balaban J connectivity index is 1.74. The Morgan fingerprint density at radius 3 is 2.32 bits per heavy atom. The molecule has 0 unspecified atom stereocenters. The van der Waals surface area contributed by atoms with E-state index in [1.165, 1.54) is 16.3 Å². The molecule has 0 saturated heterocycles. The first-order valence-electron chi connectivity index (χ1n) is 7.41. The average Bonchev–Trinajstić information content (AvgIpc) is 3.05. The molecular formula is C20H16N2. The molecule has 22 heavy (non-hydrogen) atoms. The lowest BCUT2D eigenvalue weighted by Gasteiger charge is -2.02. The lowest BCUT2D eigenvalue weighted by molar-refractivity contribution is 1.30. The van der Waals surface area contributed by atoms with Crippen molar-refractivity contribution in [1.29, 1.82) is 0 Å². The van der Waals surface area contributed by atoms with Gasteiger partial charge in [0.25, 0.3) is 0 Å². The number of hydrogen-bond donors (Lipinski definition) is 1. The molecule has 0 fully saturated rings. The minimum absolute atomic E-state index is 0.906. The molecule has 106 valence electrons. The number of nitrogens with one attached hydrogen (secondary N) is 1. The van der Waals surface area contributed by atoms with Gasteiger partial charge in [0.05, 0.1) is 11.9 Å². The highest BCUT2D eigenvalue weighted by Crippen LogP contribution is 2.25. The molecule has 1 heterocycles. The Kier molecular flexibility index (Phi) is 3.01. The molecule has 1 N–H and O–H groups in total. The molecule has 0 bridgehead atoms. The van der Waals surface area contributed by atoms with Crippen LogP contribution in [-0.4, -0.2) is 9.97 Å². The maximum atomic E-state index is 4.52. The average molecular weight is 284 g/mol. The van der Waals surface area contributed by atoms with E-state index in [4.69, 9.17) is 0 Å². The van der Waals surface area contributed by atoms with Crippen LogP contribution in [0.3, 0.4) is 0 Å². The number of aromatic amines is 1. The van der Waals surface area contributed by atoms with Gasteiger partial charge in [0.1, 0.15) is 5.82 Å². The van der Waals surface area contributed by atoms with Gasteiger partial charge in [-0.15, -0.1) is 0 Å². The number of H-pyrrole nitrogens is 1. The van der Waals surface area contributed by atoms with Crippen LogP contribution in [0.15, 0.2) is 72.9 Å². The maximum absolute atomic E-state index is 4.52. The predicted octanol–water partition coefficient (Wildman–Crippen LogP) is 5.21. The summed E-state index contributed by atoms with van der Waals surface area (Å²) in [6.45, 7) is 2.09. The minimum atomic E-state index is 0.906. The van der Waals surface area contributed by atoms with E-state index >= 15 is 0 Å². The molecule has 4 aromatic rings. The number of rotatable bonds is 2.